The topological polar surface area (TPSA) is 190 Å². The lowest BCUT2D eigenvalue weighted by Gasteiger charge is -2.30. The van der Waals surface area contributed by atoms with Gasteiger partial charge in [-0.15, -0.1) is 0 Å². The molecule has 0 spiro atoms. The van der Waals surface area contributed by atoms with E-state index in [4.69, 9.17) is 17.8 Å². The fraction of sp³-hybridized carbons (Fsp3) is 0.312. The quantitative estimate of drug-likeness (QED) is 0.203. The fourth-order valence-electron chi connectivity index (χ4n) is 5.03. The second-order valence-electron chi connectivity index (χ2n) is 11.3. The summed E-state index contributed by atoms with van der Waals surface area (Å²) in [5.41, 5.74) is -1.84. The first-order chi connectivity index (χ1) is 22.7. The van der Waals surface area contributed by atoms with Crippen LogP contribution in [-0.4, -0.2) is 74.3 Å². The Hall–Kier alpha value is -4.16. The van der Waals surface area contributed by atoms with Gasteiger partial charge in [-0.2, -0.15) is 16.8 Å². The van der Waals surface area contributed by atoms with E-state index < -0.39 is 68.7 Å². The van der Waals surface area contributed by atoms with Crippen molar-refractivity contribution in [2.45, 2.75) is 54.2 Å². The standard InChI is InChI=1S/C32H34N2O12S2/c1-21-4-12-25(13-5-21)47(39,40)44-19-32(20-45-48(41,42)26-14-6-22(2)7-15-26)29(37)28(36)30(46-32)33-17-16-27(35)34(31(33)38)18-23-8-10-24(43-3)11-9-23/h4-17,28-30,36-37H,18-20H2,1-3H3/t28-,29+,30-/m1/s1. The van der Waals surface area contributed by atoms with E-state index in [1.54, 1.807) is 38.1 Å². The normalized spacial score (nSPS) is 19.3. The summed E-state index contributed by atoms with van der Waals surface area (Å²) in [4.78, 5) is 25.9. The molecule has 1 fully saturated rings. The van der Waals surface area contributed by atoms with Crippen LogP contribution < -0.4 is 16.0 Å². The number of hydrogen-bond donors (Lipinski definition) is 2. The molecule has 1 aromatic heterocycles. The molecule has 1 saturated heterocycles. The van der Waals surface area contributed by atoms with Crippen LogP contribution in [0.15, 0.2) is 104 Å². The Balaban J connectivity index is 1.49. The Labute approximate surface area is 276 Å². The molecule has 3 atom stereocenters. The van der Waals surface area contributed by atoms with Crippen LogP contribution in [0, 0.1) is 13.8 Å². The monoisotopic (exact) mass is 702 g/mol. The number of aryl methyl sites for hydroxylation is 2. The van der Waals surface area contributed by atoms with Gasteiger partial charge in [-0.25, -0.2) is 4.79 Å². The molecule has 0 bridgehead atoms. The van der Waals surface area contributed by atoms with E-state index in [1.165, 1.54) is 55.6 Å². The fourth-order valence-corrected chi connectivity index (χ4v) is 6.95. The van der Waals surface area contributed by atoms with Gasteiger partial charge in [0.15, 0.2) is 6.23 Å². The summed E-state index contributed by atoms with van der Waals surface area (Å²) < 4.78 is 75.7. The first kappa shape index (κ1) is 35.2. The molecule has 0 amide bonds. The third-order valence-electron chi connectivity index (χ3n) is 7.92. The van der Waals surface area contributed by atoms with Crippen molar-refractivity contribution in [3.8, 4) is 5.75 Å². The van der Waals surface area contributed by atoms with E-state index in [0.717, 1.165) is 32.5 Å². The van der Waals surface area contributed by atoms with Crippen molar-refractivity contribution in [3.63, 3.8) is 0 Å². The first-order valence-corrected chi connectivity index (χ1v) is 17.4. The molecule has 0 radical (unpaired) electrons. The smallest absolute Gasteiger partial charge is 0.333 e. The summed E-state index contributed by atoms with van der Waals surface area (Å²) in [7, 11) is -7.51. The van der Waals surface area contributed by atoms with Crippen LogP contribution in [0.5, 0.6) is 5.75 Å². The average molecular weight is 703 g/mol. The maximum absolute atomic E-state index is 13.6. The number of ether oxygens (including phenoxy) is 2. The van der Waals surface area contributed by atoms with Crippen LogP contribution in [0.1, 0.15) is 22.9 Å². The van der Waals surface area contributed by atoms with Gasteiger partial charge in [0, 0.05) is 12.3 Å². The Bertz CT molecular complexity index is 2010. The molecule has 48 heavy (non-hydrogen) atoms. The summed E-state index contributed by atoms with van der Waals surface area (Å²) in [5, 5.41) is 22.5. The molecule has 2 heterocycles. The van der Waals surface area contributed by atoms with E-state index in [9.17, 15) is 36.6 Å². The minimum atomic E-state index is -4.50. The Morgan fingerprint density at radius 1 is 0.771 bits per heavy atom. The molecule has 0 unspecified atom stereocenters. The van der Waals surface area contributed by atoms with Crippen LogP contribution in [-0.2, 0) is 39.9 Å². The number of aromatic nitrogens is 2. The predicted molar refractivity (Wildman–Crippen MR) is 171 cm³/mol. The molecule has 0 aliphatic carbocycles. The van der Waals surface area contributed by atoms with E-state index >= 15 is 0 Å². The van der Waals surface area contributed by atoms with Crippen molar-refractivity contribution < 1.29 is 44.9 Å². The number of aliphatic hydroxyl groups excluding tert-OH is 2. The lowest BCUT2D eigenvalue weighted by molar-refractivity contribution is -0.140. The van der Waals surface area contributed by atoms with Crippen molar-refractivity contribution in [1.29, 1.82) is 0 Å². The first-order valence-electron chi connectivity index (χ1n) is 14.6. The highest BCUT2D eigenvalue weighted by Crippen LogP contribution is 2.38. The molecular formula is C32H34N2O12S2. The molecule has 256 valence electrons. The van der Waals surface area contributed by atoms with Crippen LogP contribution in [0.2, 0.25) is 0 Å². The zero-order valence-electron chi connectivity index (χ0n) is 26.1. The molecule has 3 aromatic carbocycles. The van der Waals surface area contributed by atoms with Crippen molar-refractivity contribution in [2.75, 3.05) is 20.3 Å². The Morgan fingerprint density at radius 3 is 1.75 bits per heavy atom. The van der Waals surface area contributed by atoms with Crippen molar-refractivity contribution >= 4 is 20.2 Å². The van der Waals surface area contributed by atoms with Crippen LogP contribution in [0.4, 0.5) is 0 Å². The van der Waals surface area contributed by atoms with E-state index in [1.807, 2.05) is 0 Å². The number of aliphatic hydroxyl groups is 2. The van der Waals surface area contributed by atoms with Crippen molar-refractivity contribution in [1.82, 2.24) is 9.13 Å². The van der Waals surface area contributed by atoms with E-state index in [-0.39, 0.29) is 16.3 Å². The number of methoxy groups -OCH3 is 1. The third-order valence-corrected chi connectivity index (χ3v) is 10.5. The Morgan fingerprint density at radius 2 is 1.27 bits per heavy atom. The molecule has 14 nitrogen and oxygen atoms in total. The van der Waals surface area contributed by atoms with E-state index in [0.29, 0.717) is 11.3 Å². The van der Waals surface area contributed by atoms with Gasteiger partial charge in [0.2, 0.25) is 0 Å². The lowest BCUT2D eigenvalue weighted by atomic mass is 9.97. The second kappa shape index (κ2) is 13.8. The number of hydrogen-bond acceptors (Lipinski definition) is 12. The molecule has 0 saturated carbocycles. The summed E-state index contributed by atoms with van der Waals surface area (Å²) in [6.45, 7) is 1.28. The molecule has 5 rings (SSSR count). The van der Waals surface area contributed by atoms with Gasteiger partial charge in [0.05, 0.1) is 23.4 Å². The van der Waals surface area contributed by atoms with Gasteiger partial charge in [-0.1, -0.05) is 47.5 Å². The SMILES string of the molecule is COc1ccc(Cn2c(=O)ccn([C@@H]3OC(COS(=O)(=O)c4ccc(C)cc4)(COS(=O)(=O)c4ccc(C)cc4)[C@@H](O)[C@H]3O)c2=O)cc1. The van der Waals surface area contributed by atoms with Gasteiger partial charge in [0.25, 0.3) is 25.8 Å². The number of nitrogens with zero attached hydrogens (tertiary/aromatic N) is 2. The van der Waals surface area contributed by atoms with Crippen LogP contribution >= 0.6 is 0 Å². The number of rotatable bonds is 12. The third kappa shape index (κ3) is 7.29. The highest BCUT2D eigenvalue weighted by molar-refractivity contribution is 7.87. The van der Waals surface area contributed by atoms with E-state index in [2.05, 4.69) is 0 Å². The van der Waals surface area contributed by atoms with Gasteiger partial charge in [0.1, 0.15) is 36.8 Å². The number of benzene rings is 3. The maximum atomic E-state index is 13.6. The zero-order chi connectivity index (χ0) is 34.9. The van der Waals surface area contributed by atoms with Crippen LogP contribution in [0.3, 0.4) is 0 Å². The van der Waals surface area contributed by atoms with Gasteiger partial charge < -0.3 is 19.7 Å². The summed E-state index contributed by atoms with van der Waals surface area (Å²) in [6, 6.07) is 19.0. The minimum Gasteiger partial charge on any atom is -0.497 e. The molecule has 2 N–H and O–H groups in total. The summed E-state index contributed by atoms with van der Waals surface area (Å²) in [6.07, 6.45) is -4.67. The maximum Gasteiger partial charge on any atom is 0.333 e. The van der Waals surface area contributed by atoms with Crippen LogP contribution in [0.25, 0.3) is 0 Å². The Kier molecular flexibility index (Phi) is 10.1. The van der Waals surface area contributed by atoms with Gasteiger partial charge >= 0.3 is 5.69 Å². The molecule has 4 aromatic rings. The summed E-state index contributed by atoms with van der Waals surface area (Å²) in [5.74, 6) is 0.558. The molecule has 16 heteroatoms. The lowest BCUT2D eigenvalue weighted by Crippen LogP contribution is -2.51. The van der Waals surface area contributed by atoms with Crippen molar-refractivity contribution in [3.05, 3.63) is 123 Å². The zero-order valence-corrected chi connectivity index (χ0v) is 27.8. The average Bonchev–Trinajstić information content (AvgIpc) is 3.31. The minimum absolute atomic E-state index is 0.172. The highest BCUT2D eigenvalue weighted by Gasteiger charge is 2.57. The van der Waals surface area contributed by atoms with Gasteiger partial charge in [-0.3, -0.25) is 22.3 Å². The van der Waals surface area contributed by atoms with Gasteiger partial charge in [-0.05, 0) is 55.8 Å². The highest BCUT2D eigenvalue weighted by atomic mass is 32.2. The molecular weight excluding hydrogens is 668 g/mol. The largest absolute Gasteiger partial charge is 0.497 e. The summed E-state index contributed by atoms with van der Waals surface area (Å²) >= 11 is 0. The second-order valence-corrected chi connectivity index (χ2v) is 14.6. The molecule has 1 aliphatic rings. The molecule has 1 aliphatic heterocycles. The van der Waals surface area contributed by atoms with Crippen molar-refractivity contribution in [2.24, 2.45) is 0 Å². The predicted octanol–water partition coefficient (Wildman–Crippen LogP) is 1.48.